The highest BCUT2D eigenvalue weighted by molar-refractivity contribution is 5.86. The summed E-state index contributed by atoms with van der Waals surface area (Å²) in [6.45, 7) is 1.88. The van der Waals surface area contributed by atoms with Crippen molar-refractivity contribution in [2.24, 2.45) is 0 Å². The highest BCUT2D eigenvalue weighted by atomic mass is 15.3. The number of hydrogen-bond donors (Lipinski definition) is 1. The molecule has 1 saturated heterocycles. The summed E-state index contributed by atoms with van der Waals surface area (Å²) in [5.41, 5.74) is 0.784. The van der Waals surface area contributed by atoms with Crippen LogP contribution >= 0.6 is 0 Å². The second-order valence-corrected chi connectivity index (χ2v) is 6.88. The molecule has 5 rings (SSSR count). The van der Waals surface area contributed by atoms with E-state index in [0.29, 0.717) is 12.0 Å². The highest BCUT2D eigenvalue weighted by Crippen LogP contribution is 2.38. The summed E-state index contributed by atoms with van der Waals surface area (Å²) < 4.78 is 0. The van der Waals surface area contributed by atoms with Gasteiger partial charge in [-0.25, -0.2) is 19.9 Å². The molecule has 1 aliphatic heterocycles. The molecule has 3 aromatic rings. The predicted octanol–water partition coefficient (Wildman–Crippen LogP) is 1.74. The van der Waals surface area contributed by atoms with Crippen LogP contribution in [0.1, 0.15) is 31.0 Å². The second-order valence-electron chi connectivity index (χ2n) is 6.88. The molecule has 0 radical (unpaired) electrons. The maximum Gasteiger partial charge on any atom is 0.160 e. The Morgan fingerprint density at radius 3 is 3.00 bits per heavy atom. The molecule has 0 amide bonds. The largest absolute Gasteiger partial charge is 0.355 e. The summed E-state index contributed by atoms with van der Waals surface area (Å²) in [4.78, 5) is 22.5. The summed E-state index contributed by atoms with van der Waals surface area (Å²) in [5, 5.41) is 7.97. The van der Waals surface area contributed by atoms with Crippen LogP contribution in [0.4, 0.5) is 11.6 Å². The quantitative estimate of drug-likeness (QED) is 0.776. The van der Waals surface area contributed by atoms with Crippen molar-refractivity contribution in [3.05, 3.63) is 30.6 Å². The Balaban J connectivity index is 1.36. The minimum Gasteiger partial charge on any atom is -0.355 e. The molecular weight excluding hydrogens is 316 g/mol. The van der Waals surface area contributed by atoms with E-state index in [0.717, 1.165) is 48.0 Å². The molecule has 1 aliphatic carbocycles. The van der Waals surface area contributed by atoms with Crippen molar-refractivity contribution in [1.82, 2.24) is 30.1 Å². The fourth-order valence-electron chi connectivity index (χ4n) is 3.54. The number of anilines is 2. The Kier molecular flexibility index (Phi) is 3.29. The Labute approximate surface area is 145 Å². The summed E-state index contributed by atoms with van der Waals surface area (Å²) in [5.74, 6) is 3.54. The average molecular weight is 336 g/mol. The van der Waals surface area contributed by atoms with Crippen molar-refractivity contribution in [2.45, 2.75) is 31.2 Å². The van der Waals surface area contributed by atoms with Gasteiger partial charge in [0.1, 0.15) is 23.8 Å². The summed E-state index contributed by atoms with van der Waals surface area (Å²) in [6, 6.07) is 2.41. The first-order valence-electron chi connectivity index (χ1n) is 8.74. The third kappa shape index (κ3) is 2.57. The number of rotatable bonds is 4. The van der Waals surface area contributed by atoms with Gasteiger partial charge in [-0.2, -0.15) is 5.10 Å². The maximum atomic E-state index is 4.77. The van der Waals surface area contributed by atoms with Crippen LogP contribution in [0.3, 0.4) is 0 Å². The Morgan fingerprint density at radius 2 is 2.12 bits per heavy atom. The molecule has 4 heterocycles. The highest BCUT2D eigenvalue weighted by Gasteiger charge is 2.30. The van der Waals surface area contributed by atoms with Crippen LogP contribution in [-0.4, -0.2) is 56.3 Å². The normalized spacial score (nSPS) is 20.4. The lowest BCUT2D eigenvalue weighted by Gasteiger charge is -2.26. The van der Waals surface area contributed by atoms with Gasteiger partial charge in [-0.05, 0) is 25.3 Å². The average Bonchev–Trinajstić information content (AvgIpc) is 3.19. The van der Waals surface area contributed by atoms with Gasteiger partial charge < -0.3 is 9.80 Å². The lowest BCUT2D eigenvalue weighted by atomic mass is 10.2. The van der Waals surface area contributed by atoms with E-state index in [-0.39, 0.29) is 0 Å². The molecule has 3 aromatic heterocycles. The molecule has 8 nitrogen and oxygen atoms in total. The zero-order valence-electron chi connectivity index (χ0n) is 14.1. The van der Waals surface area contributed by atoms with Crippen molar-refractivity contribution in [3.8, 4) is 0 Å². The molecule has 1 unspecified atom stereocenters. The molecular formula is C17H20N8. The second kappa shape index (κ2) is 5.65. The lowest BCUT2D eigenvalue weighted by molar-refractivity contribution is 0.679. The fourth-order valence-corrected chi connectivity index (χ4v) is 3.54. The molecule has 1 N–H and O–H groups in total. The van der Waals surface area contributed by atoms with Crippen molar-refractivity contribution in [1.29, 1.82) is 0 Å². The van der Waals surface area contributed by atoms with Crippen molar-refractivity contribution in [3.63, 3.8) is 0 Å². The fraction of sp³-hybridized carbons (Fsp3) is 0.471. The van der Waals surface area contributed by atoms with Crippen LogP contribution in [0.25, 0.3) is 11.0 Å². The van der Waals surface area contributed by atoms with Gasteiger partial charge in [-0.15, -0.1) is 0 Å². The van der Waals surface area contributed by atoms with E-state index in [1.54, 1.807) is 12.5 Å². The number of nitrogens with zero attached hydrogens (tertiary/aromatic N) is 7. The molecule has 0 aromatic carbocycles. The standard InChI is InChI=1S/C17H20N8/c1-24(14-4-6-18-15(22-14)11-2-3-11)12-5-7-25(9-12)17-13-8-21-23-16(13)19-10-20-17/h4,6,8,10-12H,2-3,5,7,9H2,1H3,(H,19,20,21,23). The van der Waals surface area contributed by atoms with Crippen molar-refractivity contribution in [2.75, 3.05) is 29.9 Å². The van der Waals surface area contributed by atoms with Crippen LogP contribution in [0.5, 0.6) is 0 Å². The van der Waals surface area contributed by atoms with Crippen LogP contribution in [0.2, 0.25) is 0 Å². The van der Waals surface area contributed by atoms with Crippen molar-refractivity contribution < 1.29 is 0 Å². The van der Waals surface area contributed by atoms with Gasteiger partial charge in [-0.1, -0.05) is 0 Å². The van der Waals surface area contributed by atoms with Gasteiger partial charge in [0.25, 0.3) is 0 Å². The monoisotopic (exact) mass is 336 g/mol. The SMILES string of the molecule is CN(c1ccnc(C2CC2)n1)C1CCN(c2ncnc3[nH]ncc23)C1. The minimum absolute atomic E-state index is 0.402. The van der Waals surface area contributed by atoms with E-state index in [9.17, 15) is 0 Å². The van der Waals surface area contributed by atoms with E-state index in [1.807, 2.05) is 12.3 Å². The van der Waals surface area contributed by atoms with Crippen LogP contribution < -0.4 is 9.80 Å². The third-order valence-corrected chi connectivity index (χ3v) is 5.20. The minimum atomic E-state index is 0.402. The van der Waals surface area contributed by atoms with Gasteiger partial charge in [0, 0.05) is 38.3 Å². The van der Waals surface area contributed by atoms with Crippen LogP contribution in [0.15, 0.2) is 24.8 Å². The number of H-pyrrole nitrogens is 1. The van der Waals surface area contributed by atoms with E-state index < -0.39 is 0 Å². The first-order valence-corrected chi connectivity index (χ1v) is 8.74. The molecule has 1 atom stereocenters. The number of aromatic nitrogens is 6. The van der Waals surface area contributed by atoms with Gasteiger partial charge >= 0.3 is 0 Å². The first kappa shape index (κ1) is 14.6. The van der Waals surface area contributed by atoms with Crippen molar-refractivity contribution >= 4 is 22.7 Å². The zero-order chi connectivity index (χ0) is 16.8. The molecule has 1 saturated carbocycles. The lowest BCUT2D eigenvalue weighted by Crippen LogP contribution is -2.35. The molecule has 128 valence electrons. The zero-order valence-corrected chi connectivity index (χ0v) is 14.1. The van der Waals surface area contributed by atoms with E-state index in [4.69, 9.17) is 4.98 Å². The predicted molar refractivity (Wildman–Crippen MR) is 94.7 cm³/mol. The topological polar surface area (TPSA) is 86.7 Å². The van der Waals surface area contributed by atoms with Gasteiger partial charge in [0.2, 0.25) is 0 Å². The van der Waals surface area contributed by atoms with Gasteiger partial charge in [0.05, 0.1) is 11.6 Å². The van der Waals surface area contributed by atoms with Crippen LogP contribution in [-0.2, 0) is 0 Å². The maximum absolute atomic E-state index is 4.77. The number of aromatic amines is 1. The smallest absolute Gasteiger partial charge is 0.160 e. The van der Waals surface area contributed by atoms with Crippen LogP contribution in [0, 0.1) is 0 Å². The molecule has 2 aliphatic rings. The Morgan fingerprint density at radius 1 is 1.20 bits per heavy atom. The van der Waals surface area contributed by atoms with Gasteiger partial charge in [0.15, 0.2) is 5.65 Å². The number of hydrogen-bond acceptors (Lipinski definition) is 7. The molecule has 0 spiro atoms. The summed E-state index contributed by atoms with van der Waals surface area (Å²) in [6.07, 6.45) is 8.80. The van der Waals surface area contributed by atoms with E-state index in [2.05, 4.69) is 42.0 Å². The molecule has 8 heteroatoms. The first-order chi connectivity index (χ1) is 12.3. The van der Waals surface area contributed by atoms with E-state index >= 15 is 0 Å². The van der Waals surface area contributed by atoms with Gasteiger partial charge in [-0.3, -0.25) is 5.10 Å². The molecule has 2 fully saturated rings. The summed E-state index contributed by atoms with van der Waals surface area (Å²) >= 11 is 0. The molecule has 25 heavy (non-hydrogen) atoms. The Hall–Kier alpha value is -2.77. The number of nitrogens with one attached hydrogen (secondary N) is 1. The number of fused-ring (bicyclic) bond motifs is 1. The Bertz CT molecular complexity index is 902. The van der Waals surface area contributed by atoms with E-state index in [1.165, 1.54) is 12.8 Å². The number of likely N-dealkylation sites (N-methyl/N-ethyl adjacent to an activating group) is 1. The third-order valence-electron chi connectivity index (χ3n) is 5.20. The molecule has 0 bridgehead atoms. The summed E-state index contributed by atoms with van der Waals surface area (Å²) in [7, 11) is 2.13.